The third-order valence-electron chi connectivity index (χ3n) is 4.43. The molecule has 3 nitrogen and oxygen atoms in total. The van der Waals surface area contributed by atoms with Crippen molar-refractivity contribution in [2.75, 3.05) is 31.1 Å². The topological polar surface area (TPSA) is 24.5 Å². The van der Waals surface area contributed by atoms with Crippen LogP contribution in [0.3, 0.4) is 0 Å². The highest BCUT2D eigenvalue weighted by Gasteiger charge is 2.16. The average Bonchev–Trinajstić information content (AvgIpc) is 3.03. The zero-order valence-electron chi connectivity index (χ0n) is 12.6. The molecule has 2 aliphatic heterocycles. The summed E-state index contributed by atoms with van der Waals surface area (Å²) < 4.78 is 19.6. The zero-order chi connectivity index (χ0) is 14.5. The van der Waals surface area contributed by atoms with Gasteiger partial charge >= 0.3 is 0 Å². The van der Waals surface area contributed by atoms with Gasteiger partial charge in [-0.3, -0.25) is 0 Å². The molecule has 0 amide bonds. The van der Waals surface area contributed by atoms with E-state index in [9.17, 15) is 4.39 Å². The maximum absolute atomic E-state index is 14.0. The van der Waals surface area contributed by atoms with Crippen LogP contribution in [0, 0.1) is 5.82 Å². The van der Waals surface area contributed by atoms with Crippen molar-refractivity contribution < 1.29 is 9.13 Å². The molecule has 21 heavy (non-hydrogen) atoms. The van der Waals surface area contributed by atoms with Gasteiger partial charge < -0.3 is 15.0 Å². The molecule has 0 radical (unpaired) electrons. The number of benzene rings is 1. The van der Waals surface area contributed by atoms with Gasteiger partial charge in [-0.15, -0.1) is 0 Å². The van der Waals surface area contributed by atoms with Gasteiger partial charge in [0.2, 0.25) is 0 Å². The van der Waals surface area contributed by atoms with E-state index in [0.717, 1.165) is 50.5 Å². The molecule has 0 aliphatic carbocycles. The van der Waals surface area contributed by atoms with Crippen LogP contribution in [-0.2, 0) is 11.3 Å². The second-order valence-corrected chi connectivity index (χ2v) is 6.10. The SMILES string of the molecule is Fc1ccc(CNCC2CCCO2)cc1N1CCCCC1. The summed E-state index contributed by atoms with van der Waals surface area (Å²) in [6.45, 7) is 4.51. The van der Waals surface area contributed by atoms with Crippen molar-refractivity contribution in [2.24, 2.45) is 0 Å². The van der Waals surface area contributed by atoms with Crippen LogP contribution in [0.15, 0.2) is 18.2 Å². The van der Waals surface area contributed by atoms with Crippen molar-refractivity contribution in [3.8, 4) is 0 Å². The van der Waals surface area contributed by atoms with Gasteiger partial charge in [-0.05, 0) is 49.8 Å². The lowest BCUT2D eigenvalue weighted by Gasteiger charge is -2.29. The van der Waals surface area contributed by atoms with Crippen LogP contribution in [0.2, 0.25) is 0 Å². The van der Waals surface area contributed by atoms with Crippen LogP contribution in [0.1, 0.15) is 37.7 Å². The lowest BCUT2D eigenvalue weighted by molar-refractivity contribution is 0.110. The van der Waals surface area contributed by atoms with Crippen LogP contribution in [0.4, 0.5) is 10.1 Å². The molecule has 0 bridgehead atoms. The third-order valence-corrected chi connectivity index (χ3v) is 4.43. The standard InChI is InChI=1S/C17H25FN2O/c18-16-7-6-14(12-19-13-15-5-4-10-21-15)11-17(16)20-8-2-1-3-9-20/h6-7,11,15,19H,1-5,8-10,12-13H2. The van der Waals surface area contributed by atoms with E-state index in [2.05, 4.69) is 10.2 Å². The second-order valence-electron chi connectivity index (χ2n) is 6.10. The van der Waals surface area contributed by atoms with E-state index in [0.29, 0.717) is 6.10 Å². The van der Waals surface area contributed by atoms with E-state index in [1.54, 1.807) is 6.07 Å². The summed E-state index contributed by atoms with van der Waals surface area (Å²) in [5, 5.41) is 3.43. The van der Waals surface area contributed by atoms with E-state index >= 15 is 0 Å². The lowest BCUT2D eigenvalue weighted by Crippen LogP contribution is -2.30. The fourth-order valence-corrected chi connectivity index (χ4v) is 3.23. The Balaban J connectivity index is 1.57. The molecule has 1 aromatic rings. The van der Waals surface area contributed by atoms with E-state index < -0.39 is 0 Å². The number of ether oxygens (including phenoxy) is 1. The number of halogens is 1. The second kappa shape index (κ2) is 7.23. The Morgan fingerprint density at radius 3 is 2.81 bits per heavy atom. The van der Waals surface area contributed by atoms with Gasteiger partial charge in [0, 0.05) is 32.8 Å². The number of anilines is 1. The molecule has 1 atom stereocenters. The summed E-state index contributed by atoms with van der Waals surface area (Å²) >= 11 is 0. The summed E-state index contributed by atoms with van der Waals surface area (Å²) in [6, 6.07) is 5.49. The largest absolute Gasteiger partial charge is 0.377 e. The van der Waals surface area contributed by atoms with Crippen molar-refractivity contribution >= 4 is 5.69 Å². The van der Waals surface area contributed by atoms with Crippen molar-refractivity contribution in [3.63, 3.8) is 0 Å². The smallest absolute Gasteiger partial charge is 0.146 e. The van der Waals surface area contributed by atoms with E-state index in [1.807, 2.05) is 12.1 Å². The van der Waals surface area contributed by atoms with Crippen LogP contribution >= 0.6 is 0 Å². The quantitative estimate of drug-likeness (QED) is 0.902. The summed E-state index contributed by atoms with van der Waals surface area (Å²) in [6.07, 6.45) is 6.27. The molecule has 2 heterocycles. The lowest BCUT2D eigenvalue weighted by atomic mass is 10.1. The maximum atomic E-state index is 14.0. The number of nitrogens with zero attached hydrogens (tertiary/aromatic N) is 1. The normalized spacial score (nSPS) is 22.7. The van der Waals surface area contributed by atoms with Gasteiger partial charge in [-0.25, -0.2) is 4.39 Å². The predicted octanol–water partition coefficient (Wildman–Crippen LogP) is 3.08. The maximum Gasteiger partial charge on any atom is 0.146 e. The van der Waals surface area contributed by atoms with Crippen molar-refractivity contribution in [1.29, 1.82) is 0 Å². The molecule has 116 valence electrons. The minimum Gasteiger partial charge on any atom is -0.377 e. The van der Waals surface area contributed by atoms with Crippen molar-refractivity contribution in [1.82, 2.24) is 5.32 Å². The molecule has 4 heteroatoms. The van der Waals surface area contributed by atoms with Gasteiger partial charge in [0.15, 0.2) is 0 Å². The molecule has 1 N–H and O–H groups in total. The molecule has 0 spiro atoms. The highest BCUT2D eigenvalue weighted by molar-refractivity contribution is 5.50. The number of hydrogen-bond acceptors (Lipinski definition) is 3. The van der Waals surface area contributed by atoms with E-state index in [-0.39, 0.29) is 5.82 Å². The molecular formula is C17H25FN2O. The summed E-state index contributed by atoms with van der Waals surface area (Å²) in [5.74, 6) is -0.0974. The molecule has 3 rings (SSSR count). The van der Waals surface area contributed by atoms with Gasteiger partial charge in [-0.2, -0.15) is 0 Å². The minimum absolute atomic E-state index is 0.0974. The highest BCUT2D eigenvalue weighted by atomic mass is 19.1. The number of hydrogen-bond donors (Lipinski definition) is 1. The van der Waals surface area contributed by atoms with Crippen LogP contribution < -0.4 is 10.2 Å². The first-order valence-corrected chi connectivity index (χ1v) is 8.18. The Bertz CT molecular complexity index is 454. The Kier molecular flexibility index (Phi) is 5.09. The van der Waals surface area contributed by atoms with Gasteiger partial charge in [0.25, 0.3) is 0 Å². The Hall–Kier alpha value is -1.13. The molecule has 0 aromatic heterocycles. The van der Waals surface area contributed by atoms with Crippen LogP contribution in [0.5, 0.6) is 0 Å². The molecule has 1 aromatic carbocycles. The van der Waals surface area contributed by atoms with E-state index in [1.165, 1.54) is 25.7 Å². The van der Waals surface area contributed by atoms with Crippen molar-refractivity contribution in [3.05, 3.63) is 29.6 Å². The first-order valence-electron chi connectivity index (χ1n) is 8.18. The molecule has 2 aliphatic rings. The van der Waals surface area contributed by atoms with E-state index in [4.69, 9.17) is 4.74 Å². The highest BCUT2D eigenvalue weighted by Crippen LogP contribution is 2.24. The van der Waals surface area contributed by atoms with Crippen LogP contribution in [-0.4, -0.2) is 32.3 Å². The number of piperidine rings is 1. The molecule has 1 unspecified atom stereocenters. The Labute approximate surface area is 126 Å². The Morgan fingerprint density at radius 1 is 1.19 bits per heavy atom. The minimum atomic E-state index is -0.0974. The van der Waals surface area contributed by atoms with Gasteiger partial charge in [0.1, 0.15) is 5.82 Å². The first-order chi connectivity index (χ1) is 10.3. The Morgan fingerprint density at radius 2 is 2.05 bits per heavy atom. The monoisotopic (exact) mass is 292 g/mol. The molecule has 2 fully saturated rings. The molecule has 0 saturated carbocycles. The number of rotatable bonds is 5. The number of nitrogens with one attached hydrogen (secondary N) is 1. The molecular weight excluding hydrogens is 267 g/mol. The van der Waals surface area contributed by atoms with Crippen molar-refractivity contribution in [2.45, 2.75) is 44.8 Å². The zero-order valence-corrected chi connectivity index (χ0v) is 12.6. The first kappa shape index (κ1) is 14.8. The fourth-order valence-electron chi connectivity index (χ4n) is 3.23. The summed E-state index contributed by atoms with van der Waals surface area (Å²) in [5.41, 5.74) is 1.92. The average molecular weight is 292 g/mol. The van der Waals surface area contributed by atoms with Gasteiger partial charge in [0.05, 0.1) is 11.8 Å². The fraction of sp³-hybridized carbons (Fsp3) is 0.647. The third kappa shape index (κ3) is 3.95. The van der Waals surface area contributed by atoms with Crippen LogP contribution in [0.25, 0.3) is 0 Å². The predicted molar refractivity (Wildman–Crippen MR) is 83.1 cm³/mol. The summed E-state index contributed by atoms with van der Waals surface area (Å²) in [4.78, 5) is 2.18. The summed E-state index contributed by atoms with van der Waals surface area (Å²) in [7, 11) is 0. The van der Waals surface area contributed by atoms with Gasteiger partial charge in [-0.1, -0.05) is 6.07 Å². The molecule has 2 saturated heterocycles.